The number of nitrogens with zero attached hydrogens (tertiary/aromatic N) is 3. The van der Waals surface area contributed by atoms with E-state index in [1.54, 1.807) is 0 Å². The van der Waals surface area contributed by atoms with E-state index in [0.29, 0.717) is 6.04 Å². The summed E-state index contributed by atoms with van der Waals surface area (Å²) in [5, 5.41) is 15.2. The summed E-state index contributed by atoms with van der Waals surface area (Å²) in [6, 6.07) is 0.539. The second kappa shape index (κ2) is 4.57. The molecule has 0 radical (unpaired) electrons. The van der Waals surface area contributed by atoms with Crippen molar-refractivity contribution in [2.45, 2.75) is 38.8 Å². The molecule has 5 nitrogen and oxygen atoms in total. The van der Waals surface area contributed by atoms with Crippen LogP contribution in [-0.2, 0) is 26.4 Å². The largest absolute Gasteiger partial charge is 0.309 e. The third-order valence-electron chi connectivity index (χ3n) is 3.72. The molecule has 0 aromatic carbocycles. The molecule has 2 aromatic rings. The van der Waals surface area contributed by atoms with Crippen LogP contribution in [0.25, 0.3) is 0 Å². The van der Waals surface area contributed by atoms with E-state index in [4.69, 9.17) is 0 Å². The van der Waals surface area contributed by atoms with Gasteiger partial charge in [-0.2, -0.15) is 10.2 Å². The van der Waals surface area contributed by atoms with Gasteiger partial charge in [0.1, 0.15) is 0 Å². The quantitative estimate of drug-likeness (QED) is 0.851. The molecule has 1 atom stereocenters. The van der Waals surface area contributed by atoms with Gasteiger partial charge in [-0.3, -0.25) is 9.78 Å². The zero-order chi connectivity index (χ0) is 12.5. The molecular formula is C13H19N5. The van der Waals surface area contributed by atoms with Crippen LogP contribution in [-0.4, -0.2) is 26.0 Å². The van der Waals surface area contributed by atoms with Gasteiger partial charge in [-0.05, 0) is 25.3 Å². The number of aryl methyl sites for hydroxylation is 3. The molecule has 0 bridgehead atoms. The molecule has 0 amide bonds. The van der Waals surface area contributed by atoms with Crippen LogP contribution in [0.4, 0.5) is 0 Å². The molecule has 1 aliphatic rings. The number of hydrogen-bond donors (Lipinski definition) is 2. The minimum Gasteiger partial charge on any atom is -0.309 e. The number of aromatic amines is 1. The second-order valence-corrected chi connectivity index (χ2v) is 5.11. The summed E-state index contributed by atoms with van der Waals surface area (Å²) in [6.45, 7) is 2.96. The summed E-state index contributed by atoms with van der Waals surface area (Å²) in [6.07, 6.45) is 7.40. The number of rotatable bonds is 3. The lowest BCUT2D eigenvalue weighted by Gasteiger charge is -2.22. The van der Waals surface area contributed by atoms with Gasteiger partial charge in [-0.1, -0.05) is 0 Å². The van der Waals surface area contributed by atoms with E-state index in [-0.39, 0.29) is 0 Å². The fourth-order valence-electron chi connectivity index (χ4n) is 2.66. The van der Waals surface area contributed by atoms with Crippen molar-refractivity contribution in [1.82, 2.24) is 25.3 Å². The molecule has 1 aliphatic carbocycles. The maximum Gasteiger partial charge on any atom is 0.0638 e. The first kappa shape index (κ1) is 11.5. The first-order valence-corrected chi connectivity index (χ1v) is 6.46. The number of aromatic nitrogens is 4. The van der Waals surface area contributed by atoms with Crippen LogP contribution < -0.4 is 5.32 Å². The highest BCUT2D eigenvalue weighted by Crippen LogP contribution is 2.19. The maximum absolute atomic E-state index is 4.36. The molecular weight excluding hydrogens is 226 g/mol. The SMILES string of the molecule is Cc1nn(C)cc1CNC1CCc2cn[nH]c2C1. The Bertz CT molecular complexity index is 539. The lowest BCUT2D eigenvalue weighted by atomic mass is 9.93. The van der Waals surface area contributed by atoms with E-state index < -0.39 is 0 Å². The average Bonchev–Trinajstić information content (AvgIpc) is 2.92. The van der Waals surface area contributed by atoms with Crippen molar-refractivity contribution >= 4 is 0 Å². The van der Waals surface area contributed by atoms with Gasteiger partial charge in [0, 0.05) is 43.5 Å². The Labute approximate surface area is 107 Å². The van der Waals surface area contributed by atoms with Crippen molar-refractivity contribution < 1.29 is 0 Å². The molecule has 5 heteroatoms. The van der Waals surface area contributed by atoms with Crippen LogP contribution in [0.2, 0.25) is 0 Å². The highest BCUT2D eigenvalue weighted by molar-refractivity contribution is 5.21. The molecule has 18 heavy (non-hydrogen) atoms. The van der Waals surface area contributed by atoms with Gasteiger partial charge in [0.15, 0.2) is 0 Å². The molecule has 2 N–H and O–H groups in total. The third-order valence-corrected chi connectivity index (χ3v) is 3.72. The van der Waals surface area contributed by atoms with Gasteiger partial charge >= 0.3 is 0 Å². The van der Waals surface area contributed by atoms with Crippen molar-refractivity contribution in [3.8, 4) is 0 Å². The monoisotopic (exact) mass is 245 g/mol. The molecule has 2 heterocycles. The summed E-state index contributed by atoms with van der Waals surface area (Å²) < 4.78 is 1.88. The smallest absolute Gasteiger partial charge is 0.0638 e. The first-order valence-electron chi connectivity index (χ1n) is 6.46. The minimum atomic E-state index is 0.539. The Morgan fingerprint density at radius 2 is 2.44 bits per heavy atom. The van der Waals surface area contributed by atoms with Crippen LogP contribution in [0.1, 0.15) is 28.9 Å². The zero-order valence-electron chi connectivity index (χ0n) is 10.9. The molecule has 1 unspecified atom stereocenters. The predicted octanol–water partition coefficient (Wildman–Crippen LogP) is 1.10. The molecule has 96 valence electrons. The van der Waals surface area contributed by atoms with Gasteiger partial charge in [0.05, 0.1) is 11.9 Å². The van der Waals surface area contributed by atoms with Crippen LogP contribution >= 0.6 is 0 Å². The van der Waals surface area contributed by atoms with Crippen molar-refractivity contribution in [1.29, 1.82) is 0 Å². The van der Waals surface area contributed by atoms with E-state index in [9.17, 15) is 0 Å². The normalized spacial score (nSPS) is 18.9. The van der Waals surface area contributed by atoms with E-state index in [1.165, 1.54) is 23.2 Å². The van der Waals surface area contributed by atoms with Gasteiger partial charge in [-0.15, -0.1) is 0 Å². The average molecular weight is 245 g/mol. The molecule has 0 saturated carbocycles. The lowest BCUT2D eigenvalue weighted by Crippen LogP contribution is -2.34. The van der Waals surface area contributed by atoms with Gasteiger partial charge in [0.25, 0.3) is 0 Å². The molecule has 2 aromatic heterocycles. The summed E-state index contributed by atoms with van der Waals surface area (Å²) in [5.74, 6) is 0. The summed E-state index contributed by atoms with van der Waals surface area (Å²) in [5.41, 5.74) is 5.07. The van der Waals surface area contributed by atoms with Crippen molar-refractivity contribution in [3.63, 3.8) is 0 Å². The van der Waals surface area contributed by atoms with Crippen molar-refractivity contribution in [2.24, 2.45) is 7.05 Å². The molecule has 0 spiro atoms. The zero-order valence-corrected chi connectivity index (χ0v) is 10.9. The Balaban J connectivity index is 1.60. The molecule has 3 rings (SSSR count). The number of fused-ring (bicyclic) bond motifs is 1. The fraction of sp³-hybridized carbons (Fsp3) is 0.538. The highest BCUT2D eigenvalue weighted by atomic mass is 15.3. The Morgan fingerprint density at radius 1 is 1.56 bits per heavy atom. The second-order valence-electron chi connectivity index (χ2n) is 5.11. The van der Waals surface area contributed by atoms with E-state index >= 15 is 0 Å². The number of nitrogens with one attached hydrogen (secondary N) is 2. The van der Waals surface area contributed by atoms with Gasteiger partial charge in [0.2, 0.25) is 0 Å². The third kappa shape index (κ3) is 2.18. The lowest BCUT2D eigenvalue weighted by molar-refractivity contribution is 0.453. The van der Waals surface area contributed by atoms with Crippen LogP contribution in [0.3, 0.4) is 0 Å². The fourth-order valence-corrected chi connectivity index (χ4v) is 2.66. The van der Waals surface area contributed by atoms with Crippen LogP contribution in [0, 0.1) is 6.92 Å². The summed E-state index contributed by atoms with van der Waals surface area (Å²) in [4.78, 5) is 0. The highest BCUT2D eigenvalue weighted by Gasteiger charge is 2.19. The topological polar surface area (TPSA) is 58.5 Å². The maximum atomic E-state index is 4.36. The summed E-state index contributed by atoms with van der Waals surface area (Å²) >= 11 is 0. The van der Waals surface area contributed by atoms with E-state index in [2.05, 4.69) is 33.7 Å². The Kier molecular flexibility index (Phi) is 2.91. The Morgan fingerprint density at radius 3 is 3.22 bits per heavy atom. The minimum absolute atomic E-state index is 0.539. The Hall–Kier alpha value is -1.62. The van der Waals surface area contributed by atoms with E-state index in [0.717, 1.165) is 25.1 Å². The van der Waals surface area contributed by atoms with Crippen LogP contribution in [0.5, 0.6) is 0 Å². The molecule has 0 aliphatic heterocycles. The number of H-pyrrole nitrogens is 1. The van der Waals surface area contributed by atoms with Gasteiger partial charge in [-0.25, -0.2) is 0 Å². The first-order chi connectivity index (χ1) is 8.72. The molecule has 0 saturated heterocycles. The van der Waals surface area contributed by atoms with Crippen LogP contribution in [0.15, 0.2) is 12.4 Å². The predicted molar refractivity (Wildman–Crippen MR) is 69.2 cm³/mol. The standard InChI is InChI=1S/C13H19N5/c1-9-11(8-18(2)17-9)6-14-12-4-3-10-7-15-16-13(10)5-12/h7-8,12,14H,3-6H2,1-2H3,(H,15,16). The summed E-state index contributed by atoms with van der Waals surface area (Å²) in [7, 11) is 1.97. The van der Waals surface area contributed by atoms with E-state index in [1.807, 2.05) is 17.9 Å². The number of hydrogen-bond acceptors (Lipinski definition) is 3. The van der Waals surface area contributed by atoms with Crippen molar-refractivity contribution in [3.05, 3.63) is 34.9 Å². The van der Waals surface area contributed by atoms with Gasteiger partial charge < -0.3 is 5.32 Å². The van der Waals surface area contributed by atoms with Crippen molar-refractivity contribution in [2.75, 3.05) is 0 Å². The molecule has 0 fully saturated rings.